The predicted molar refractivity (Wildman–Crippen MR) is 169 cm³/mol. The van der Waals surface area contributed by atoms with Gasteiger partial charge in [0.15, 0.2) is 23.0 Å². The summed E-state index contributed by atoms with van der Waals surface area (Å²) in [7, 11) is 6.90. The molecule has 0 spiro atoms. The van der Waals surface area contributed by atoms with E-state index in [4.69, 9.17) is 5.73 Å². The summed E-state index contributed by atoms with van der Waals surface area (Å²) >= 11 is 0. The molecule has 242 valence electrons. The fourth-order valence-corrected chi connectivity index (χ4v) is 8.00. The number of hydrogen-bond donors (Lipinski definition) is 5. The molecule has 2 aromatic carbocycles. The van der Waals surface area contributed by atoms with Crippen molar-refractivity contribution < 1.29 is 34.5 Å². The number of anilines is 2. The molecule has 0 radical (unpaired) electrons. The molecule has 0 aliphatic heterocycles. The largest absolute Gasteiger partial charge is 0.505 e. The normalized spacial score (nSPS) is 29.6. The van der Waals surface area contributed by atoms with Crippen LogP contribution in [0, 0.1) is 23.7 Å². The fraction of sp³-hybridized carbons (Fsp3) is 0.529. The minimum absolute atomic E-state index is 0.0247. The molecule has 7 atom stereocenters. The zero-order valence-electron chi connectivity index (χ0n) is 26.9. The van der Waals surface area contributed by atoms with E-state index in [0.717, 1.165) is 11.1 Å². The van der Waals surface area contributed by atoms with Crippen LogP contribution in [0.1, 0.15) is 54.2 Å². The van der Waals surface area contributed by atoms with Crippen LogP contribution in [0.2, 0.25) is 0 Å². The van der Waals surface area contributed by atoms with Crippen LogP contribution in [0.3, 0.4) is 0 Å². The molecule has 1 amide bonds. The lowest BCUT2D eigenvalue weighted by atomic mass is 9.52. The molecule has 5 rings (SSSR count). The lowest BCUT2D eigenvalue weighted by Crippen LogP contribution is -2.75. The number of phenolic OH excluding ortho intramolecular Hbond substituents is 1. The number of rotatable bonds is 6. The number of carbonyl (C=O) groups excluding carboxylic acids is 4. The van der Waals surface area contributed by atoms with Gasteiger partial charge in [-0.15, -0.1) is 0 Å². The number of likely N-dealkylation sites (N-methyl/N-ethyl adjacent to an activating group) is 1. The second-order valence-corrected chi connectivity index (χ2v) is 14.3. The molecule has 2 aromatic rings. The van der Waals surface area contributed by atoms with E-state index in [2.05, 4.69) is 32.2 Å². The van der Waals surface area contributed by atoms with E-state index in [9.17, 15) is 34.5 Å². The molecule has 6 N–H and O–H groups in total. The average Bonchev–Trinajstić information content (AvgIpc) is 2.93. The highest BCUT2D eigenvalue weighted by atomic mass is 16.3. The fourth-order valence-electron chi connectivity index (χ4n) is 8.00. The number of benzene rings is 2. The van der Waals surface area contributed by atoms with E-state index in [1.165, 1.54) is 0 Å². The molecule has 3 aliphatic carbocycles. The first-order valence-corrected chi connectivity index (χ1v) is 15.3. The van der Waals surface area contributed by atoms with Crippen LogP contribution >= 0.6 is 0 Å². The number of nitrogens with two attached hydrogens (primary N) is 1. The Labute approximate surface area is 263 Å². The molecule has 2 saturated carbocycles. The molecule has 45 heavy (non-hydrogen) atoms. The molecule has 0 aromatic heterocycles. The number of phenols is 1. The van der Waals surface area contributed by atoms with E-state index >= 15 is 0 Å². The molecule has 3 aliphatic rings. The molecule has 0 saturated heterocycles. The van der Waals surface area contributed by atoms with Crippen LogP contribution in [0.25, 0.3) is 0 Å². The van der Waals surface area contributed by atoms with Gasteiger partial charge < -0.3 is 36.2 Å². The van der Waals surface area contributed by atoms with Gasteiger partial charge in [0.25, 0.3) is 0 Å². The zero-order chi connectivity index (χ0) is 33.3. The highest BCUT2D eigenvalue weighted by Crippen LogP contribution is 2.53. The first kappa shape index (κ1) is 32.6. The van der Waals surface area contributed by atoms with Crippen LogP contribution in [-0.2, 0) is 32.8 Å². The first-order chi connectivity index (χ1) is 20.9. The molecule has 11 heteroatoms. The quantitative estimate of drug-likeness (QED) is 0.236. The van der Waals surface area contributed by atoms with Crippen molar-refractivity contribution in [3.63, 3.8) is 0 Å². The molecule has 0 heterocycles. The average molecular weight is 621 g/mol. The third kappa shape index (κ3) is 5.01. The molecule has 0 bridgehead atoms. The van der Waals surface area contributed by atoms with Gasteiger partial charge in [-0.1, -0.05) is 45.0 Å². The van der Waals surface area contributed by atoms with E-state index in [-0.39, 0.29) is 29.6 Å². The van der Waals surface area contributed by atoms with E-state index in [1.807, 2.05) is 37.2 Å². The summed E-state index contributed by atoms with van der Waals surface area (Å²) in [6.07, 6.45) is -1.25. The summed E-state index contributed by atoms with van der Waals surface area (Å²) in [5, 5.41) is 37.8. The minimum atomic E-state index is -2.70. The van der Waals surface area contributed by atoms with Crippen LogP contribution < -0.4 is 16.0 Å². The summed E-state index contributed by atoms with van der Waals surface area (Å²) in [4.78, 5) is 57.8. The summed E-state index contributed by atoms with van der Waals surface area (Å²) < 4.78 is 0. The number of amides is 1. The SMILES string of the molecule is CN(C)c1cc(NCc2ccccc2C(C)(C)C)c(O)c2c1C[C@@H]1C[C@@H]3[C@@H](N(C)C)C(O)C(C(N)=O)C(=O)[C@]3(O)C(=O)C1C2=O. The van der Waals surface area contributed by atoms with Gasteiger partial charge in [-0.25, -0.2) is 0 Å². The van der Waals surface area contributed by atoms with Crippen molar-refractivity contribution in [1.29, 1.82) is 0 Å². The first-order valence-electron chi connectivity index (χ1n) is 15.3. The zero-order valence-corrected chi connectivity index (χ0v) is 26.9. The van der Waals surface area contributed by atoms with Crippen molar-refractivity contribution in [2.24, 2.45) is 29.4 Å². The number of carbonyl (C=O) groups is 4. The number of nitrogens with zero attached hydrogens (tertiary/aromatic N) is 2. The standard InChI is InChI=1S/C34H44N4O7/c1-33(2,3)19-11-9-8-10-16(19)15-36-21-14-22(37(4)5)18-12-17-13-20-26(38(6)7)29(41)25(32(35)44)31(43)34(20,45)30(42)23(17)28(40)24(18)27(21)39/h8-11,14,17,20,23,25-26,29,36,39,41,45H,12-13,15H2,1-7H3,(H2,35,44)/t17-,20-,23?,25?,26-,29?,34-/m1/s1. The van der Waals surface area contributed by atoms with Crippen molar-refractivity contribution in [3.05, 3.63) is 52.6 Å². The molecular weight excluding hydrogens is 576 g/mol. The van der Waals surface area contributed by atoms with Gasteiger partial charge in [-0.2, -0.15) is 0 Å². The van der Waals surface area contributed by atoms with Crippen molar-refractivity contribution in [3.8, 4) is 5.75 Å². The number of aromatic hydroxyl groups is 1. The number of nitrogens with one attached hydrogen (secondary N) is 1. The Hall–Kier alpha value is -3.80. The number of hydrogen-bond acceptors (Lipinski definition) is 10. The van der Waals surface area contributed by atoms with Crippen LogP contribution in [0.5, 0.6) is 5.75 Å². The van der Waals surface area contributed by atoms with Crippen molar-refractivity contribution in [1.82, 2.24) is 4.90 Å². The number of primary amides is 1. The lowest BCUT2D eigenvalue weighted by Gasteiger charge is -2.55. The molecule has 3 unspecified atom stereocenters. The van der Waals surface area contributed by atoms with Crippen molar-refractivity contribution >= 4 is 34.6 Å². The topological polar surface area (TPSA) is 173 Å². The smallest absolute Gasteiger partial charge is 0.230 e. The van der Waals surface area contributed by atoms with Gasteiger partial charge in [-0.3, -0.25) is 19.2 Å². The molecule has 11 nitrogen and oxygen atoms in total. The van der Waals surface area contributed by atoms with Gasteiger partial charge in [0, 0.05) is 38.3 Å². The van der Waals surface area contributed by atoms with Gasteiger partial charge in [0.05, 0.1) is 23.3 Å². The maximum Gasteiger partial charge on any atom is 0.230 e. The summed E-state index contributed by atoms with van der Waals surface area (Å²) in [5.41, 5.74) is 6.34. The lowest BCUT2D eigenvalue weighted by molar-refractivity contribution is -0.190. The Kier molecular flexibility index (Phi) is 8.13. The Morgan fingerprint density at radius 1 is 1.09 bits per heavy atom. The van der Waals surface area contributed by atoms with Gasteiger partial charge in [-0.05, 0) is 61.0 Å². The number of aliphatic hydroxyl groups excluding tert-OH is 1. The highest BCUT2D eigenvalue weighted by molar-refractivity contribution is 6.26. The Bertz CT molecular complexity index is 1580. The number of Topliss-reactive ketones (excluding diaryl/α,β-unsaturated/α-hetero) is 3. The molecular formula is C34H44N4O7. The van der Waals surface area contributed by atoms with Crippen LogP contribution in [0.15, 0.2) is 30.3 Å². The summed E-state index contributed by atoms with van der Waals surface area (Å²) in [5.74, 6) is -9.26. The second-order valence-electron chi connectivity index (χ2n) is 14.3. The predicted octanol–water partition coefficient (Wildman–Crippen LogP) is 1.63. The van der Waals surface area contributed by atoms with Crippen molar-refractivity contribution in [2.75, 3.05) is 38.4 Å². The van der Waals surface area contributed by atoms with Crippen LogP contribution in [0.4, 0.5) is 11.4 Å². The number of ketones is 3. The Morgan fingerprint density at radius 2 is 1.73 bits per heavy atom. The number of aliphatic hydroxyl groups is 2. The molecule has 2 fully saturated rings. The van der Waals surface area contributed by atoms with Crippen molar-refractivity contribution in [2.45, 2.75) is 63.3 Å². The Balaban J connectivity index is 1.58. The number of fused-ring (bicyclic) bond motifs is 3. The monoisotopic (exact) mass is 620 g/mol. The van der Waals surface area contributed by atoms with Gasteiger partial charge in [0.1, 0.15) is 11.7 Å². The second kappa shape index (κ2) is 11.2. The summed E-state index contributed by atoms with van der Waals surface area (Å²) in [6.45, 7) is 6.71. The van der Waals surface area contributed by atoms with E-state index in [0.29, 0.717) is 23.5 Å². The van der Waals surface area contributed by atoms with E-state index in [1.54, 1.807) is 25.1 Å². The third-order valence-corrected chi connectivity index (χ3v) is 10.0. The third-order valence-electron chi connectivity index (χ3n) is 10.0. The maximum atomic E-state index is 14.3. The van der Waals surface area contributed by atoms with E-state index < -0.39 is 64.7 Å². The highest BCUT2D eigenvalue weighted by Gasteiger charge is 2.69. The minimum Gasteiger partial charge on any atom is -0.505 e. The van der Waals surface area contributed by atoms with Gasteiger partial charge >= 0.3 is 0 Å². The summed E-state index contributed by atoms with van der Waals surface area (Å²) in [6, 6.07) is 8.81. The maximum absolute atomic E-state index is 14.3. The van der Waals surface area contributed by atoms with Gasteiger partial charge in [0.2, 0.25) is 5.91 Å². The Morgan fingerprint density at radius 3 is 2.31 bits per heavy atom. The van der Waals surface area contributed by atoms with Crippen LogP contribution in [-0.4, -0.2) is 89.4 Å².